The Balaban J connectivity index is 2.03. The van der Waals surface area contributed by atoms with Gasteiger partial charge in [0.1, 0.15) is 5.75 Å². The van der Waals surface area contributed by atoms with Crippen LogP contribution in [0, 0.1) is 6.92 Å². The van der Waals surface area contributed by atoms with Crippen molar-refractivity contribution in [2.24, 2.45) is 0 Å². The molecule has 0 fully saturated rings. The van der Waals surface area contributed by atoms with Crippen LogP contribution in [0.4, 0.5) is 0 Å². The number of benzene rings is 1. The second kappa shape index (κ2) is 7.06. The van der Waals surface area contributed by atoms with E-state index in [0.717, 1.165) is 23.7 Å². The van der Waals surface area contributed by atoms with E-state index in [9.17, 15) is 0 Å². The first kappa shape index (κ1) is 14.5. The van der Waals surface area contributed by atoms with Gasteiger partial charge in [-0.1, -0.05) is 24.3 Å². The number of aromatic nitrogens is 1. The van der Waals surface area contributed by atoms with Crippen LogP contribution in [0.1, 0.15) is 36.8 Å². The lowest BCUT2D eigenvalue weighted by Crippen LogP contribution is -2.19. The number of nitrogens with one attached hydrogen (secondary N) is 1. The molecule has 3 nitrogen and oxygen atoms in total. The Morgan fingerprint density at radius 1 is 1.15 bits per heavy atom. The van der Waals surface area contributed by atoms with Gasteiger partial charge in [0, 0.05) is 23.8 Å². The van der Waals surface area contributed by atoms with Crippen molar-refractivity contribution in [2.45, 2.75) is 33.4 Å². The van der Waals surface area contributed by atoms with Gasteiger partial charge in [0.15, 0.2) is 0 Å². The molecule has 0 saturated carbocycles. The first-order chi connectivity index (χ1) is 9.70. The molecule has 2 rings (SSSR count). The molecule has 1 aromatic heterocycles. The highest BCUT2D eigenvalue weighted by Gasteiger charge is 2.10. The van der Waals surface area contributed by atoms with E-state index < -0.39 is 0 Å². The third-order valence-corrected chi connectivity index (χ3v) is 3.22. The summed E-state index contributed by atoms with van der Waals surface area (Å²) < 4.78 is 5.67. The molecular formula is C17H22N2O. The molecule has 0 saturated heterocycles. The molecule has 0 aliphatic rings. The average Bonchev–Trinajstić information content (AvgIpc) is 2.46. The smallest absolute Gasteiger partial charge is 0.124 e. The summed E-state index contributed by atoms with van der Waals surface area (Å²) in [5, 5.41) is 3.50. The van der Waals surface area contributed by atoms with Crippen molar-refractivity contribution in [3.8, 4) is 5.75 Å². The Morgan fingerprint density at radius 3 is 2.70 bits per heavy atom. The number of para-hydroxylation sites is 1. The average molecular weight is 270 g/mol. The number of ether oxygens (including phenoxy) is 1. The lowest BCUT2D eigenvalue weighted by Gasteiger charge is -2.17. The molecule has 1 N–H and O–H groups in total. The lowest BCUT2D eigenvalue weighted by atomic mass is 10.1. The normalized spacial score (nSPS) is 12.2. The molecule has 3 heteroatoms. The van der Waals surface area contributed by atoms with Gasteiger partial charge in [-0.15, -0.1) is 0 Å². The molecule has 0 aliphatic heterocycles. The zero-order chi connectivity index (χ0) is 14.4. The molecular weight excluding hydrogens is 248 g/mol. The van der Waals surface area contributed by atoms with Gasteiger partial charge in [-0.05, 0) is 39.0 Å². The molecule has 0 aliphatic carbocycles. The molecule has 1 unspecified atom stereocenters. The van der Waals surface area contributed by atoms with E-state index >= 15 is 0 Å². The summed E-state index contributed by atoms with van der Waals surface area (Å²) in [5.74, 6) is 0.951. The third-order valence-electron chi connectivity index (χ3n) is 3.22. The van der Waals surface area contributed by atoms with Crippen LogP contribution in [-0.2, 0) is 6.54 Å². The minimum atomic E-state index is 0.222. The predicted molar refractivity (Wildman–Crippen MR) is 81.8 cm³/mol. The summed E-state index contributed by atoms with van der Waals surface area (Å²) in [6.45, 7) is 7.60. The Morgan fingerprint density at radius 2 is 1.95 bits per heavy atom. The highest BCUT2D eigenvalue weighted by molar-refractivity contribution is 5.35. The second-order valence-corrected chi connectivity index (χ2v) is 4.84. The van der Waals surface area contributed by atoms with Gasteiger partial charge in [-0.25, -0.2) is 0 Å². The van der Waals surface area contributed by atoms with Crippen LogP contribution in [-0.4, -0.2) is 11.6 Å². The van der Waals surface area contributed by atoms with Crippen LogP contribution < -0.4 is 10.1 Å². The van der Waals surface area contributed by atoms with E-state index in [1.165, 1.54) is 5.56 Å². The van der Waals surface area contributed by atoms with Crippen LogP contribution >= 0.6 is 0 Å². The van der Waals surface area contributed by atoms with Crippen molar-refractivity contribution >= 4 is 0 Å². The first-order valence-electron chi connectivity index (χ1n) is 7.08. The lowest BCUT2D eigenvalue weighted by molar-refractivity contribution is 0.332. The summed E-state index contributed by atoms with van der Waals surface area (Å²) in [4.78, 5) is 4.50. The van der Waals surface area contributed by atoms with E-state index in [1.807, 2.05) is 50.2 Å². The van der Waals surface area contributed by atoms with Gasteiger partial charge in [0.25, 0.3) is 0 Å². The van der Waals surface area contributed by atoms with Crippen molar-refractivity contribution in [1.82, 2.24) is 10.3 Å². The van der Waals surface area contributed by atoms with Gasteiger partial charge in [-0.2, -0.15) is 0 Å². The number of pyridine rings is 1. The fourth-order valence-electron chi connectivity index (χ4n) is 2.19. The molecule has 1 heterocycles. The highest BCUT2D eigenvalue weighted by atomic mass is 16.5. The SMILES string of the molecule is CCOc1ccccc1C(C)NCc1cccc(C)n1. The monoisotopic (exact) mass is 270 g/mol. The Hall–Kier alpha value is -1.87. The maximum absolute atomic E-state index is 5.67. The van der Waals surface area contributed by atoms with Crippen LogP contribution in [0.2, 0.25) is 0 Å². The Labute approximate surface area is 121 Å². The summed E-state index contributed by atoms with van der Waals surface area (Å²) in [7, 11) is 0. The fourth-order valence-corrected chi connectivity index (χ4v) is 2.19. The number of hydrogen-bond acceptors (Lipinski definition) is 3. The summed E-state index contributed by atoms with van der Waals surface area (Å²) >= 11 is 0. The van der Waals surface area contributed by atoms with Crippen LogP contribution in [0.3, 0.4) is 0 Å². The molecule has 106 valence electrons. The topological polar surface area (TPSA) is 34.1 Å². The van der Waals surface area contributed by atoms with Gasteiger partial charge in [-0.3, -0.25) is 4.98 Å². The van der Waals surface area contributed by atoms with Crippen molar-refractivity contribution in [1.29, 1.82) is 0 Å². The molecule has 0 amide bonds. The minimum absolute atomic E-state index is 0.222. The predicted octanol–water partition coefficient (Wildman–Crippen LogP) is 3.64. The molecule has 1 atom stereocenters. The molecule has 2 aromatic rings. The second-order valence-electron chi connectivity index (χ2n) is 4.84. The Kier molecular flexibility index (Phi) is 5.13. The van der Waals surface area contributed by atoms with Crippen LogP contribution in [0.15, 0.2) is 42.5 Å². The van der Waals surface area contributed by atoms with Gasteiger partial charge >= 0.3 is 0 Å². The number of hydrogen-bond donors (Lipinski definition) is 1. The first-order valence-corrected chi connectivity index (χ1v) is 7.08. The number of rotatable bonds is 6. The van der Waals surface area contributed by atoms with Crippen LogP contribution in [0.25, 0.3) is 0 Å². The van der Waals surface area contributed by atoms with Gasteiger partial charge in [0.05, 0.1) is 12.3 Å². The number of nitrogens with zero attached hydrogens (tertiary/aromatic N) is 1. The summed E-state index contributed by atoms with van der Waals surface area (Å²) in [6.07, 6.45) is 0. The number of aryl methyl sites for hydroxylation is 1. The van der Waals surface area contributed by atoms with E-state index in [2.05, 4.69) is 23.3 Å². The van der Waals surface area contributed by atoms with Gasteiger partial charge < -0.3 is 10.1 Å². The van der Waals surface area contributed by atoms with E-state index in [0.29, 0.717) is 6.61 Å². The molecule has 0 bridgehead atoms. The van der Waals surface area contributed by atoms with Crippen molar-refractivity contribution in [3.63, 3.8) is 0 Å². The fraction of sp³-hybridized carbons (Fsp3) is 0.353. The van der Waals surface area contributed by atoms with Gasteiger partial charge in [0.2, 0.25) is 0 Å². The maximum Gasteiger partial charge on any atom is 0.124 e. The minimum Gasteiger partial charge on any atom is -0.494 e. The van der Waals surface area contributed by atoms with Crippen molar-refractivity contribution in [2.75, 3.05) is 6.61 Å². The van der Waals surface area contributed by atoms with Crippen LogP contribution in [0.5, 0.6) is 5.75 Å². The quantitative estimate of drug-likeness (QED) is 0.870. The molecule has 0 spiro atoms. The maximum atomic E-state index is 5.67. The molecule has 20 heavy (non-hydrogen) atoms. The standard InChI is InChI=1S/C17H22N2O/c1-4-20-17-11-6-5-10-16(17)14(3)18-12-15-9-7-8-13(2)19-15/h5-11,14,18H,4,12H2,1-3H3. The zero-order valence-corrected chi connectivity index (χ0v) is 12.4. The summed E-state index contributed by atoms with van der Waals surface area (Å²) in [6, 6.07) is 14.5. The zero-order valence-electron chi connectivity index (χ0n) is 12.4. The molecule has 1 aromatic carbocycles. The molecule has 0 radical (unpaired) electrons. The van der Waals surface area contributed by atoms with E-state index in [-0.39, 0.29) is 6.04 Å². The van der Waals surface area contributed by atoms with E-state index in [1.54, 1.807) is 0 Å². The Bertz CT molecular complexity index is 554. The largest absolute Gasteiger partial charge is 0.494 e. The highest BCUT2D eigenvalue weighted by Crippen LogP contribution is 2.24. The summed E-state index contributed by atoms with van der Waals surface area (Å²) in [5.41, 5.74) is 3.29. The van der Waals surface area contributed by atoms with Crippen molar-refractivity contribution < 1.29 is 4.74 Å². The third kappa shape index (κ3) is 3.81. The van der Waals surface area contributed by atoms with E-state index in [4.69, 9.17) is 4.74 Å². The van der Waals surface area contributed by atoms with Crippen molar-refractivity contribution in [3.05, 3.63) is 59.4 Å².